The number of esters is 1. The Labute approximate surface area is 111 Å². The largest absolute Gasteiger partial charge is 0.456 e. The molecule has 2 rings (SSSR count). The van der Waals surface area contributed by atoms with Crippen molar-refractivity contribution >= 4 is 28.3 Å². The lowest BCUT2D eigenvalue weighted by molar-refractivity contribution is -0.146. The summed E-state index contributed by atoms with van der Waals surface area (Å²) in [6, 6.07) is 13.4. The minimum atomic E-state index is -0.381. The Morgan fingerprint density at radius 1 is 1.11 bits per heavy atom. The Morgan fingerprint density at radius 3 is 2.63 bits per heavy atom. The number of nitrogens with one attached hydrogen (secondary N) is 1. The van der Waals surface area contributed by atoms with Gasteiger partial charge in [-0.15, -0.1) is 0 Å². The normalized spacial score (nSPS) is 10.2. The van der Waals surface area contributed by atoms with Crippen molar-refractivity contribution in [3.8, 4) is 0 Å². The molecular weight excluding hydrogens is 242 g/mol. The SMILES string of the molecule is CCC(=O)OCC(=O)Nc1cccc2ccccc12. The van der Waals surface area contributed by atoms with Crippen LogP contribution in [0, 0.1) is 0 Å². The van der Waals surface area contributed by atoms with E-state index < -0.39 is 0 Å². The van der Waals surface area contributed by atoms with Gasteiger partial charge in [-0.05, 0) is 11.5 Å². The van der Waals surface area contributed by atoms with Gasteiger partial charge in [-0.25, -0.2) is 0 Å². The van der Waals surface area contributed by atoms with Crippen molar-refractivity contribution in [3.63, 3.8) is 0 Å². The summed E-state index contributed by atoms with van der Waals surface area (Å²) in [7, 11) is 0. The molecule has 0 aliphatic carbocycles. The third-order valence-corrected chi connectivity index (χ3v) is 2.72. The van der Waals surface area contributed by atoms with Crippen LogP contribution in [0.5, 0.6) is 0 Å². The highest BCUT2D eigenvalue weighted by Gasteiger charge is 2.07. The molecule has 4 nitrogen and oxygen atoms in total. The van der Waals surface area contributed by atoms with Gasteiger partial charge in [-0.1, -0.05) is 43.3 Å². The minimum Gasteiger partial charge on any atom is -0.456 e. The molecule has 0 unspecified atom stereocenters. The molecule has 0 radical (unpaired) electrons. The molecule has 0 saturated heterocycles. The molecule has 0 fully saturated rings. The van der Waals surface area contributed by atoms with E-state index in [0.29, 0.717) is 0 Å². The summed E-state index contributed by atoms with van der Waals surface area (Å²) >= 11 is 0. The number of carbonyl (C=O) groups is 2. The second kappa shape index (κ2) is 6.00. The summed E-state index contributed by atoms with van der Waals surface area (Å²) in [5, 5.41) is 4.75. The molecule has 0 aliphatic rings. The number of anilines is 1. The number of benzene rings is 2. The Kier molecular flexibility index (Phi) is 4.13. The van der Waals surface area contributed by atoms with Gasteiger partial charge < -0.3 is 10.1 Å². The van der Waals surface area contributed by atoms with E-state index in [0.717, 1.165) is 16.5 Å². The van der Waals surface area contributed by atoms with Crippen LogP contribution in [0.4, 0.5) is 5.69 Å². The van der Waals surface area contributed by atoms with E-state index in [1.54, 1.807) is 6.92 Å². The Bertz CT molecular complexity index is 602. The molecule has 1 N–H and O–H groups in total. The third-order valence-electron chi connectivity index (χ3n) is 2.72. The van der Waals surface area contributed by atoms with Gasteiger partial charge in [-0.3, -0.25) is 9.59 Å². The van der Waals surface area contributed by atoms with E-state index in [1.807, 2.05) is 42.5 Å². The summed E-state index contributed by atoms with van der Waals surface area (Å²) in [5.41, 5.74) is 0.718. The highest BCUT2D eigenvalue weighted by Crippen LogP contribution is 2.22. The molecule has 19 heavy (non-hydrogen) atoms. The number of carbonyl (C=O) groups excluding carboxylic acids is 2. The van der Waals surface area contributed by atoms with Gasteiger partial charge in [0.1, 0.15) is 0 Å². The van der Waals surface area contributed by atoms with Crippen LogP contribution in [-0.2, 0) is 14.3 Å². The fourth-order valence-corrected chi connectivity index (χ4v) is 1.77. The predicted molar refractivity (Wildman–Crippen MR) is 73.8 cm³/mol. The van der Waals surface area contributed by atoms with Crippen molar-refractivity contribution in [1.82, 2.24) is 0 Å². The first-order chi connectivity index (χ1) is 9.20. The van der Waals surface area contributed by atoms with Gasteiger partial charge in [0, 0.05) is 17.5 Å². The van der Waals surface area contributed by atoms with Gasteiger partial charge in [-0.2, -0.15) is 0 Å². The molecule has 0 spiro atoms. The van der Waals surface area contributed by atoms with Crippen LogP contribution in [0.2, 0.25) is 0 Å². The highest BCUT2D eigenvalue weighted by atomic mass is 16.5. The van der Waals surface area contributed by atoms with Gasteiger partial charge in [0.2, 0.25) is 0 Å². The molecular formula is C15H15NO3. The minimum absolute atomic E-state index is 0.254. The van der Waals surface area contributed by atoms with Crippen LogP contribution < -0.4 is 5.32 Å². The van der Waals surface area contributed by atoms with Crippen LogP contribution in [0.25, 0.3) is 10.8 Å². The van der Waals surface area contributed by atoms with E-state index in [2.05, 4.69) is 5.32 Å². The van der Waals surface area contributed by atoms with Crippen molar-refractivity contribution in [3.05, 3.63) is 42.5 Å². The average Bonchev–Trinajstić information content (AvgIpc) is 2.45. The highest BCUT2D eigenvalue weighted by molar-refractivity contribution is 6.02. The molecule has 2 aromatic rings. The molecule has 4 heteroatoms. The molecule has 0 aromatic heterocycles. The molecule has 0 atom stereocenters. The van der Waals surface area contributed by atoms with Gasteiger partial charge in [0.25, 0.3) is 5.91 Å². The van der Waals surface area contributed by atoms with E-state index in [9.17, 15) is 9.59 Å². The lowest BCUT2D eigenvalue weighted by atomic mass is 10.1. The van der Waals surface area contributed by atoms with E-state index in [-0.39, 0.29) is 24.9 Å². The number of ether oxygens (including phenoxy) is 1. The van der Waals surface area contributed by atoms with Crippen molar-refractivity contribution in [2.75, 3.05) is 11.9 Å². The lowest BCUT2D eigenvalue weighted by Gasteiger charge is -2.08. The van der Waals surface area contributed by atoms with Crippen LogP contribution in [0.1, 0.15) is 13.3 Å². The number of rotatable bonds is 4. The summed E-state index contributed by atoms with van der Waals surface area (Å²) in [4.78, 5) is 22.7. The molecule has 98 valence electrons. The number of amides is 1. The fourth-order valence-electron chi connectivity index (χ4n) is 1.77. The van der Waals surface area contributed by atoms with Crippen molar-refractivity contribution in [1.29, 1.82) is 0 Å². The van der Waals surface area contributed by atoms with E-state index in [1.165, 1.54) is 0 Å². The van der Waals surface area contributed by atoms with Crippen LogP contribution in [-0.4, -0.2) is 18.5 Å². The third kappa shape index (κ3) is 3.31. The molecule has 1 amide bonds. The quantitative estimate of drug-likeness (QED) is 0.857. The number of hydrogen-bond acceptors (Lipinski definition) is 3. The summed E-state index contributed by atoms with van der Waals surface area (Å²) in [6.45, 7) is 1.43. The summed E-state index contributed by atoms with van der Waals surface area (Å²) in [6.07, 6.45) is 0.265. The van der Waals surface area contributed by atoms with Gasteiger partial charge in [0.05, 0.1) is 0 Å². The zero-order valence-corrected chi connectivity index (χ0v) is 10.7. The Balaban J connectivity index is 2.09. The predicted octanol–water partition coefficient (Wildman–Crippen LogP) is 2.73. The van der Waals surface area contributed by atoms with E-state index >= 15 is 0 Å². The summed E-state index contributed by atoms with van der Waals surface area (Å²) in [5.74, 6) is -0.716. The number of hydrogen-bond donors (Lipinski definition) is 1. The van der Waals surface area contributed by atoms with Crippen molar-refractivity contribution in [2.45, 2.75) is 13.3 Å². The van der Waals surface area contributed by atoms with E-state index in [4.69, 9.17) is 4.74 Å². The maximum atomic E-state index is 11.7. The van der Waals surface area contributed by atoms with Crippen LogP contribution >= 0.6 is 0 Å². The average molecular weight is 257 g/mol. The monoisotopic (exact) mass is 257 g/mol. The van der Waals surface area contributed by atoms with Gasteiger partial charge in [0.15, 0.2) is 6.61 Å². The first-order valence-electron chi connectivity index (χ1n) is 6.14. The standard InChI is InChI=1S/C15H15NO3/c1-2-15(18)19-10-14(17)16-13-9-5-7-11-6-3-4-8-12(11)13/h3-9H,2,10H2,1H3,(H,16,17). The maximum absolute atomic E-state index is 11.7. The smallest absolute Gasteiger partial charge is 0.306 e. The molecule has 0 aliphatic heterocycles. The molecule has 0 heterocycles. The lowest BCUT2D eigenvalue weighted by Crippen LogP contribution is -2.20. The molecule has 2 aromatic carbocycles. The van der Waals surface area contributed by atoms with Gasteiger partial charge >= 0.3 is 5.97 Å². The van der Waals surface area contributed by atoms with Crippen molar-refractivity contribution < 1.29 is 14.3 Å². The first-order valence-corrected chi connectivity index (χ1v) is 6.14. The Hall–Kier alpha value is -2.36. The first kappa shape index (κ1) is 13.1. The topological polar surface area (TPSA) is 55.4 Å². The van der Waals surface area contributed by atoms with Crippen LogP contribution in [0.3, 0.4) is 0 Å². The second-order valence-electron chi connectivity index (χ2n) is 4.09. The maximum Gasteiger partial charge on any atom is 0.306 e. The molecule has 0 bridgehead atoms. The molecule has 0 saturated carbocycles. The zero-order valence-electron chi connectivity index (χ0n) is 10.7. The summed E-state index contributed by atoms with van der Waals surface area (Å²) < 4.78 is 4.79. The Morgan fingerprint density at radius 2 is 1.84 bits per heavy atom. The zero-order chi connectivity index (χ0) is 13.7. The van der Waals surface area contributed by atoms with Crippen LogP contribution in [0.15, 0.2) is 42.5 Å². The van der Waals surface area contributed by atoms with Crippen molar-refractivity contribution in [2.24, 2.45) is 0 Å². The number of fused-ring (bicyclic) bond motifs is 1. The second-order valence-corrected chi connectivity index (χ2v) is 4.09. The fraction of sp³-hybridized carbons (Fsp3) is 0.200.